The van der Waals surface area contributed by atoms with Crippen LogP contribution in [0.3, 0.4) is 0 Å². The third-order valence-electron chi connectivity index (χ3n) is 3.92. The smallest absolute Gasteiger partial charge is 0.159 e. The van der Waals surface area contributed by atoms with Crippen molar-refractivity contribution >= 4 is 0 Å². The van der Waals surface area contributed by atoms with Gasteiger partial charge in [0, 0.05) is 6.04 Å². The minimum absolute atomic E-state index is 0.146. The van der Waals surface area contributed by atoms with Gasteiger partial charge in [0.15, 0.2) is 11.6 Å². The lowest BCUT2D eigenvalue weighted by Crippen LogP contribution is -2.34. The molecule has 1 aliphatic rings. The van der Waals surface area contributed by atoms with Gasteiger partial charge in [0.1, 0.15) is 0 Å². The molecule has 0 spiro atoms. The summed E-state index contributed by atoms with van der Waals surface area (Å²) in [6.07, 6.45) is 3.31. The summed E-state index contributed by atoms with van der Waals surface area (Å²) in [5.41, 5.74) is 1.02. The van der Waals surface area contributed by atoms with Gasteiger partial charge in [0.25, 0.3) is 0 Å². The molecule has 3 heteroatoms. The molecular weight excluding hydrogens is 244 g/mol. The highest BCUT2D eigenvalue weighted by Crippen LogP contribution is 2.30. The largest absolute Gasteiger partial charge is 0.314 e. The molecule has 0 radical (unpaired) electrons. The number of hydrogen-bond acceptors (Lipinski definition) is 1. The van der Waals surface area contributed by atoms with Gasteiger partial charge in [0.2, 0.25) is 0 Å². The van der Waals surface area contributed by atoms with Gasteiger partial charge in [-0.2, -0.15) is 0 Å². The molecule has 1 atom stereocenters. The highest BCUT2D eigenvalue weighted by atomic mass is 19.2. The first-order valence-electron chi connectivity index (χ1n) is 7.03. The van der Waals surface area contributed by atoms with E-state index in [1.807, 2.05) is 0 Å². The van der Waals surface area contributed by atoms with Crippen molar-refractivity contribution in [2.45, 2.75) is 46.1 Å². The molecule has 1 aromatic carbocycles. The van der Waals surface area contributed by atoms with E-state index in [2.05, 4.69) is 26.1 Å². The van der Waals surface area contributed by atoms with Crippen LogP contribution in [0.2, 0.25) is 0 Å². The van der Waals surface area contributed by atoms with Crippen LogP contribution in [0, 0.1) is 23.0 Å². The van der Waals surface area contributed by atoms with Gasteiger partial charge in [-0.15, -0.1) is 0 Å². The van der Waals surface area contributed by atoms with E-state index in [-0.39, 0.29) is 5.41 Å². The maximum atomic E-state index is 13.3. The molecule has 1 fully saturated rings. The topological polar surface area (TPSA) is 12.0 Å². The Balaban J connectivity index is 2.02. The summed E-state index contributed by atoms with van der Waals surface area (Å²) in [7, 11) is 0. The van der Waals surface area contributed by atoms with E-state index in [1.165, 1.54) is 25.0 Å². The first-order valence-corrected chi connectivity index (χ1v) is 7.03. The average molecular weight is 267 g/mol. The summed E-state index contributed by atoms with van der Waals surface area (Å²) in [6.45, 7) is 7.54. The highest BCUT2D eigenvalue weighted by molar-refractivity contribution is 5.18. The lowest BCUT2D eigenvalue weighted by molar-refractivity contribution is 0.230. The van der Waals surface area contributed by atoms with Crippen molar-refractivity contribution in [1.82, 2.24) is 5.32 Å². The molecule has 0 bridgehead atoms. The van der Waals surface area contributed by atoms with Gasteiger partial charge in [-0.1, -0.05) is 26.8 Å². The molecule has 19 heavy (non-hydrogen) atoms. The molecule has 1 aromatic rings. The van der Waals surface area contributed by atoms with Gasteiger partial charge < -0.3 is 5.32 Å². The maximum Gasteiger partial charge on any atom is 0.159 e. The van der Waals surface area contributed by atoms with Gasteiger partial charge in [-0.25, -0.2) is 8.78 Å². The summed E-state index contributed by atoms with van der Waals surface area (Å²) in [5.74, 6) is -1.11. The number of benzene rings is 1. The van der Waals surface area contributed by atoms with Crippen molar-refractivity contribution in [1.29, 1.82) is 0 Å². The molecule has 1 nitrogen and oxygen atoms in total. The van der Waals surface area contributed by atoms with E-state index >= 15 is 0 Å². The minimum atomic E-state index is -0.771. The van der Waals surface area contributed by atoms with Crippen molar-refractivity contribution in [2.75, 3.05) is 6.54 Å². The molecule has 1 N–H and O–H groups in total. The standard InChI is InChI=1S/C16H23F2N/c1-16(2,3)12(10-19-13-5-6-13)8-11-4-7-14(17)15(18)9-11/h4,7,9,12-13,19H,5-6,8,10H2,1-3H3. The zero-order chi connectivity index (χ0) is 14.0. The Kier molecular flexibility index (Phi) is 4.24. The summed E-state index contributed by atoms with van der Waals surface area (Å²) in [6, 6.07) is 4.91. The van der Waals surface area contributed by atoms with Crippen molar-refractivity contribution in [3.05, 3.63) is 35.4 Å². The lowest BCUT2D eigenvalue weighted by Gasteiger charge is -2.31. The first-order chi connectivity index (χ1) is 8.86. The summed E-state index contributed by atoms with van der Waals surface area (Å²) < 4.78 is 26.2. The first kappa shape index (κ1) is 14.4. The number of nitrogens with one attached hydrogen (secondary N) is 1. The third-order valence-corrected chi connectivity index (χ3v) is 3.92. The van der Waals surface area contributed by atoms with Crippen LogP contribution in [0.4, 0.5) is 8.78 Å². The zero-order valence-corrected chi connectivity index (χ0v) is 12.0. The minimum Gasteiger partial charge on any atom is -0.314 e. The summed E-state index contributed by atoms with van der Waals surface area (Å²) in [4.78, 5) is 0. The quantitative estimate of drug-likeness (QED) is 0.852. The van der Waals surface area contributed by atoms with Crippen LogP contribution in [-0.4, -0.2) is 12.6 Å². The van der Waals surface area contributed by atoms with E-state index in [9.17, 15) is 8.78 Å². The van der Waals surface area contributed by atoms with Crippen molar-refractivity contribution < 1.29 is 8.78 Å². The normalized spacial score (nSPS) is 17.5. The van der Waals surface area contributed by atoms with Crippen LogP contribution in [0.5, 0.6) is 0 Å². The molecule has 1 aliphatic carbocycles. The Bertz CT molecular complexity index is 433. The molecule has 106 valence electrons. The maximum absolute atomic E-state index is 13.3. The van der Waals surface area contributed by atoms with Gasteiger partial charge in [-0.05, 0) is 54.8 Å². The molecule has 0 amide bonds. The average Bonchev–Trinajstić information content (AvgIpc) is 3.11. The van der Waals surface area contributed by atoms with Crippen molar-refractivity contribution in [3.8, 4) is 0 Å². The second-order valence-electron chi connectivity index (χ2n) is 6.70. The Morgan fingerprint density at radius 1 is 1.21 bits per heavy atom. The predicted molar refractivity (Wildman–Crippen MR) is 74.0 cm³/mol. The van der Waals surface area contributed by atoms with Crippen molar-refractivity contribution in [3.63, 3.8) is 0 Å². The fourth-order valence-electron chi connectivity index (χ4n) is 2.23. The molecule has 0 aromatic heterocycles. The van der Waals surface area contributed by atoms with Crippen LogP contribution in [-0.2, 0) is 6.42 Å². The molecule has 0 saturated heterocycles. The van der Waals surface area contributed by atoms with E-state index in [0.29, 0.717) is 12.0 Å². The fourth-order valence-corrected chi connectivity index (χ4v) is 2.23. The van der Waals surface area contributed by atoms with Crippen LogP contribution in [0.1, 0.15) is 39.2 Å². The second-order valence-corrected chi connectivity index (χ2v) is 6.70. The van der Waals surface area contributed by atoms with E-state index in [1.54, 1.807) is 6.07 Å². The zero-order valence-electron chi connectivity index (χ0n) is 12.0. The van der Waals surface area contributed by atoms with Crippen LogP contribution in [0.15, 0.2) is 18.2 Å². The van der Waals surface area contributed by atoms with E-state index in [4.69, 9.17) is 0 Å². The number of halogens is 2. The summed E-state index contributed by atoms with van der Waals surface area (Å²) in [5, 5.41) is 3.54. The van der Waals surface area contributed by atoms with Crippen LogP contribution in [0.25, 0.3) is 0 Å². The Labute approximate surface area is 114 Å². The SMILES string of the molecule is CC(C)(C)C(CNC1CC1)Cc1ccc(F)c(F)c1. The number of hydrogen-bond donors (Lipinski definition) is 1. The van der Waals surface area contributed by atoms with E-state index < -0.39 is 11.6 Å². The molecule has 0 aliphatic heterocycles. The van der Waals surface area contributed by atoms with Crippen molar-refractivity contribution in [2.24, 2.45) is 11.3 Å². The van der Waals surface area contributed by atoms with Gasteiger partial charge in [-0.3, -0.25) is 0 Å². The number of rotatable bonds is 5. The summed E-state index contributed by atoms with van der Waals surface area (Å²) >= 11 is 0. The molecule has 0 heterocycles. The molecule has 2 rings (SSSR count). The highest BCUT2D eigenvalue weighted by Gasteiger charge is 2.28. The Morgan fingerprint density at radius 3 is 2.42 bits per heavy atom. The van der Waals surface area contributed by atoms with E-state index in [0.717, 1.165) is 18.5 Å². The molecular formula is C16H23F2N. The Hall–Kier alpha value is -0.960. The monoisotopic (exact) mass is 267 g/mol. The van der Waals surface area contributed by atoms with Gasteiger partial charge in [0.05, 0.1) is 0 Å². The van der Waals surface area contributed by atoms with Crippen LogP contribution >= 0.6 is 0 Å². The van der Waals surface area contributed by atoms with Crippen LogP contribution < -0.4 is 5.32 Å². The fraction of sp³-hybridized carbons (Fsp3) is 0.625. The molecule has 1 unspecified atom stereocenters. The third kappa shape index (κ3) is 4.27. The lowest BCUT2D eigenvalue weighted by atomic mass is 9.77. The predicted octanol–water partition coefficient (Wildman–Crippen LogP) is 3.92. The Morgan fingerprint density at radius 2 is 1.89 bits per heavy atom. The second kappa shape index (κ2) is 5.58. The molecule has 1 saturated carbocycles. The van der Waals surface area contributed by atoms with Gasteiger partial charge >= 0.3 is 0 Å².